The Bertz CT molecular complexity index is 1110. The van der Waals surface area contributed by atoms with Gasteiger partial charge in [0.15, 0.2) is 5.82 Å². The van der Waals surface area contributed by atoms with Crippen molar-refractivity contribution in [3.63, 3.8) is 0 Å². The van der Waals surface area contributed by atoms with E-state index < -0.39 is 10.2 Å². The molecule has 1 saturated carbocycles. The van der Waals surface area contributed by atoms with Gasteiger partial charge in [0.1, 0.15) is 0 Å². The lowest BCUT2D eigenvalue weighted by atomic mass is 9.96. The van der Waals surface area contributed by atoms with Crippen molar-refractivity contribution in [2.45, 2.75) is 64.3 Å². The lowest BCUT2D eigenvalue weighted by molar-refractivity contribution is 0.0693. The van der Waals surface area contributed by atoms with Crippen molar-refractivity contribution < 1.29 is 17.7 Å². The zero-order valence-electron chi connectivity index (χ0n) is 20.5. The molecule has 1 amide bonds. The Morgan fingerprint density at radius 1 is 1.06 bits per heavy atom. The van der Waals surface area contributed by atoms with E-state index in [0.717, 1.165) is 25.7 Å². The fraction of sp³-hybridized carbons (Fsp3) is 0.625. The molecule has 9 nitrogen and oxygen atoms in total. The first-order valence-electron chi connectivity index (χ1n) is 12.0. The van der Waals surface area contributed by atoms with Crippen LogP contribution >= 0.6 is 0 Å². The van der Waals surface area contributed by atoms with Gasteiger partial charge >= 0.3 is 0 Å². The predicted octanol–water partition coefficient (Wildman–Crippen LogP) is 3.30. The molecule has 1 saturated heterocycles. The lowest BCUT2D eigenvalue weighted by Gasteiger charge is -2.38. The highest BCUT2D eigenvalue weighted by Crippen LogP contribution is 2.28. The Labute approximate surface area is 202 Å². The van der Waals surface area contributed by atoms with Crippen LogP contribution in [0.5, 0.6) is 0 Å². The number of hydrogen-bond acceptors (Lipinski definition) is 6. The van der Waals surface area contributed by atoms with E-state index in [4.69, 9.17) is 4.52 Å². The SMILES string of the molecule is CN(C1CCCCC1)S(=O)(=O)N1CCN(C(=O)c2ccccc2-c2nc(C(C)(C)C)no2)CC1. The number of carbonyl (C=O) groups excluding carboxylic acids is 1. The third-order valence-electron chi connectivity index (χ3n) is 6.79. The van der Waals surface area contributed by atoms with E-state index in [1.165, 1.54) is 10.7 Å². The van der Waals surface area contributed by atoms with Crippen LogP contribution < -0.4 is 0 Å². The van der Waals surface area contributed by atoms with Crippen molar-refractivity contribution in [1.82, 2.24) is 23.7 Å². The van der Waals surface area contributed by atoms with Crippen molar-refractivity contribution in [1.29, 1.82) is 0 Å². The highest BCUT2D eigenvalue weighted by Gasteiger charge is 2.36. The lowest BCUT2D eigenvalue weighted by Crippen LogP contribution is -2.55. The molecular weight excluding hydrogens is 454 g/mol. The summed E-state index contributed by atoms with van der Waals surface area (Å²) in [5, 5.41) is 4.08. The van der Waals surface area contributed by atoms with E-state index in [0.29, 0.717) is 35.9 Å². The van der Waals surface area contributed by atoms with E-state index in [2.05, 4.69) is 10.1 Å². The van der Waals surface area contributed by atoms with Crippen LogP contribution in [0.25, 0.3) is 11.5 Å². The number of piperazine rings is 1. The Kier molecular flexibility index (Phi) is 7.12. The average molecular weight is 490 g/mol. The maximum absolute atomic E-state index is 13.4. The summed E-state index contributed by atoms with van der Waals surface area (Å²) in [6, 6.07) is 7.25. The molecule has 0 atom stereocenters. The van der Waals surface area contributed by atoms with Crippen molar-refractivity contribution in [3.8, 4) is 11.5 Å². The summed E-state index contributed by atoms with van der Waals surface area (Å²) in [6.45, 7) is 7.22. The number of hydrogen-bond donors (Lipinski definition) is 0. The van der Waals surface area contributed by atoms with Gasteiger partial charge in [0.25, 0.3) is 22.0 Å². The monoisotopic (exact) mass is 489 g/mol. The molecule has 2 aliphatic rings. The van der Waals surface area contributed by atoms with Gasteiger partial charge in [-0.2, -0.15) is 22.0 Å². The molecule has 0 spiro atoms. The molecule has 34 heavy (non-hydrogen) atoms. The molecule has 0 bridgehead atoms. The summed E-state index contributed by atoms with van der Waals surface area (Å²) in [7, 11) is -1.85. The third kappa shape index (κ3) is 5.04. The number of nitrogens with zero attached hydrogens (tertiary/aromatic N) is 5. The van der Waals surface area contributed by atoms with Crippen LogP contribution in [0.1, 0.15) is 69.1 Å². The molecule has 186 valence electrons. The quantitative estimate of drug-likeness (QED) is 0.639. The van der Waals surface area contributed by atoms with Gasteiger partial charge in [-0.15, -0.1) is 0 Å². The van der Waals surface area contributed by atoms with Gasteiger partial charge in [0.2, 0.25) is 0 Å². The normalized spacial score (nSPS) is 19.0. The van der Waals surface area contributed by atoms with E-state index in [9.17, 15) is 13.2 Å². The third-order valence-corrected chi connectivity index (χ3v) is 8.83. The molecule has 1 aliphatic carbocycles. The highest BCUT2D eigenvalue weighted by atomic mass is 32.2. The van der Waals surface area contributed by atoms with E-state index in [1.54, 1.807) is 34.5 Å². The maximum atomic E-state index is 13.4. The number of amides is 1. The van der Waals surface area contributed by atoms with Crippen LogP contribution in [-0.4, -0.2) is 77.2 Å². The zero-order chi connectivity index (χ0) is 24.5. The number of rotatable bonds is 5. The number of aromatic nitrogens is 2. The first-order chi connectivity index (χ1) is 16.1. The van der Waals surface area contributed by atoms with Gasteiger partial charge in [-0.05, 0) is 25.0 Å². The summed E-state index contributed by atoms with van der Waals surface area (Å²) < 4.78 is 34.9. The van der Waals surface area contributed by atoms with Crippen molar-refractivity contribution in [3.05, 3.63) is 35.7 Å². The average Bonchev–Trinajstić information content (AvgIpc) is 3.35. The maximum Gasteiger partial charge on any atom is 0.282 e. The molecule has 1 aliphatic heterocycles. The molecule has 2 aromatic rings. The van der Waals surface area contributed by atoms with Crippen LogP contribution in [0.2, 0.25) is 0 Å². The van der Waals surface area contributed by atoms with Crippen molar-refractivity contribution in [2.24, 2.45) is 0 Å². The van der Waals surface area contributed by atoms with Crippen molar-refractivity contribution in [2.75, 3.05) is 33.2 Å². The summed E-state index contributed by atoms with van der Waals surface area (Å²) in [6.07, 6.45) is 5.15. The second-order valence-electron chi connectivity index (χ2n) is 10.2. The Hall–Kier alpha value is -2.30. The van der Waals surface area contributed by atoms with E-state index in [-0.39, 0.29) is 30.5 Å². The number of benzene rings is 1. The number of carbonyl (C=O) groups is 1. The minimum Gasteiger partial charge on any atom is -0.336 e. The topological polar surface area (TPSA) is 99.9 Å². The van der Waals surface area contributed by atoms with Crippen LogP contribution in [0.3, 0.4) is 0 Å². The fourth-order valence-electron chi connectivity index (χ4n) is 4.60. The Morgan fingerprint density at radius 3 is 2.32 bits per heavy atom. The van der Waals surface area contributed by atoms with Gasteiger partial charge < -0.3 is 9.42 Å². The molecular formula is C24H35N5O4S. The first kappa shape index (κ1) is 24.8. The second-order valence-corrected chi connectivity index (χ2v) is 12.2. The van der Waals surface area contributed by atoms with Gasteiger partial charge in [-0.3, -0.25) is 4.79 Å². The van der Waals surface area contributed by atoms with Crippen LogP contribution in [0, 0.1) is 0 Å². The van der Waals surface area contributed by atoms with E-state index in [1.807, 2.05) is 26.8 Å². The molecule has 0 N–H and O–H groups in total. The van der Waals surface area contributed by atoms with E-state index >= 15 is 0 Å². The Balaban J connectivity index is 1.46. The summed E-state index contributed by atoms with van der Waals surface area (Å²) in [5.74, 6) is 0.721. The molecule has 2 fully saturated rings. The molecule has 0 unspecified atom stereocenters. The Morgan fingerprint density at radius 2 is 1.71 bits per heavy atom. The molecule has 2 heterocycles. The molecule has 10 heteroatoms. The molecule has 1 aromatic carbocycles. The summed E-state index contributed by atoms with van der Waals surface area (Å²) in [4.78, 5) is 19.6. The largest absolute Gasteiger partial charge is 0.336 e. The molecule has 4 rings (SSSR count). The van der Waals surface area contributed by atoms with Crippen LogP contribution in [0.15, 0.2) is 28.8 Å². The van der Waals surface area contributed by atoms with Gasteiger partial charge in [-0.25, -0.2) is 0 Å². The smallest absolute Gasteiger partial charge is 0.282 e. The fourth-order valence-corrected chi connectivity index (χ4v) is 6.18. The van der Waals surface area contributed by atoms with Gasteiger partial charge in [-0.1, -0.05) is 57.3 Å². The van der Waals surface area contributed by atoms with Crippen LogP contribution in [-0.2, 0) is 15.6 Å². The van der Waals surface area contributed by atoms with Crippen LogP contribution in [0.4, 0.5) is 0 Å². The summed E-state index contributed by atoms with van der Waals surface area (Å²) >= 11 is 0. The van der Waals surface area contributed by atoms with Gasteiger partial charge in [0, 0.05) is 44.7 Å². The minimum atomic E-state index is -3.54. The standard InChI is InChI=1S/C24H35N5O4S/c1-24(2,3)23-25-21(33-26-23)19-12-8-9-13-20(19)22(30)28-14-16-29(17-15-28)34(31,32)27(4)18-10-6-5-7-11-18/h8-9,12-13,18H,5-7,10-11,14-17H2,1-4H3. The highest BCUT2D eigenvalue weighted by molar-refractivity contribution is 7.86. The van der Waals surface area contributed by atoms with Crippen molar-refractivity contribution >= 4 is 16.1 Å². The minimum absolute atomic E-state index is 0.0673. The summed E-state index contributed by atoms with van der Waals surface area (Å²) in [5.41, 5.74) is 0.789. The second kappa shape index (κ2) is 9.75. The predicted molar refractivity (Wildman–Crippen MR) is 129 cm³/mol. The first-order valence-corrected chi connectivity index (χ1v) is 13.4. The molecule has 0 radical (unpaired) electrons. The molecule has 1 aromatic heterocycles. The van der Waals surface area contributed by atoms with Gasteiger partial charge in [0.05, 0.1) is 11.1 Å². The zero-order valence-corrected chi connectivity index (χ0v) is 21.3.